The summed E-state index contributed by atoms with van der Waals surface area (Å²) in [4.78, 5) is 2.58. The van der Waals surface area contributed by atoms with Gasteiger partial charge < -0.3 is 15.4 Å². The molecule has 0 radical (unpaired) electrons. The standard InChI is InChI=1S/C15H32N2O/c1-4-18-15-9-6-10-17(12-15)11-13(2)7-5-8-14(3)16/h13-15H,4-12,16H2,1-3H3. The molecule has 108 valence electrons. The molecule has 1 saturated heterocycles. The van der Waals surface area contributed by atoms with Crippen LogP contribution in [0.4, 0.5) is 0 Å². The van der Waals surface area contributed by atoms with Crippen molar-refractivity contribution in [3.8, 4) is 0 Å². The van der Waals surface area contributed by atoms with Gasteiger partial charge in [0.15, 0.2) is 0 Å². The molecular weight excluding hydrogens is 224 g/mol. The zero-order valence-corrected chi connectivity index (χ0v) is 12.5. The minimum absolute atomic E-state index is 0.356. The Balaban J connectivity index is 2.16. The van der Waals surface area contributed by atoms with Crippen LogP contribution in [0.5, 0.6) is 0 Å². The predicted molar refractivity (Wildman–Crippen MR) is 77.8 cm³/mol. The summed E-state index contributed by atoms with van der Waals surface area (Å²) in [7, 11) is 0. The number of likely N-dealkylation sites (tertiary alicyclic amines) is 1. The van der Waals surface area contributed by atoms with E-state index < -0.39 is 0 Å². The lowest BCUT2D eigenvalue weighted by Crippen LogP contribution is -2.41. The summed E-state index contributed by atoms with van der Waals surface area (Å²) in [5.41, 5.74) is 5.79. The van der Waals surface area contributed by atoms with Gasteiger partial charge in [0, 0.05) is 25.7 Å². The summed E-state index contributed by atoms with van der Waals surface area (Å²) >= 11 is 0. The van der Waals surface area contributed by atoms with Gasteiger partial charge in [-0.25, -0.2) is 0 Å². The molecule has 3 atom stereocenters. The van der Waals surface area contributed by atoms with Crippen molar-refractivity contribution < 1.29 is 4.74 Å². The number of piperidine rings is 1. The van der Waals surface area contributed by atoms with E-state index in [0.29, 0.717) is 12.1 Å². The van der Waals surface area contributed by atoms with Crippen molar-refractivity contribution in [3.05, 3.63) is 0 Å². The smallest absolute Gasteiger partial charge is 0.0702 e. The predicted octanol–water partition coefficient (Wildman–Crippen LogP) is 2.64. The number of hydrogen-bond donors (Lipinski definition) is 1. The quantitative estimate of drug-likeness (QED) is 0.725. The molecule has 0 amide bonds. The first-order valence-corrected chi connectivity index (χ1v) is 7.71. The molecule has 1 rings (SSSR count). The van der Waals surface area contributed by atoms with Gasteiger partial charge in [0.2, 0.25) is 0 Å². The van der Waals surface area contributed by atoms with Gasteiger partial charge in [-0.3, -0.25) is 0 Å². The van der Waals surface area contributed by atoms with E-state index in [2.05, 4.69) is 25.7 Å². The highest BCUT2D eigenvalue weighted by atomic mass is 16.5. The van der Waals surface area contributed by atoms with Crippen molar-refractivity contribution in [3.63, 3.8) is 0 Å². The maximum absolute atomic E-state index is 5.79. The average Bonchev–Trinajstić information content (AvgIpc) is 2.29. The van der Waals surface area contributed by atoms with E-state index in [4.69, 9.17) is 10.5 Å². The van der Waals surface area contributed by atoms with Gasteiger partial charge in [-0.2, -0.15) is 0 Å². The first kappa shape index (κ1) is 15.9. The Bertz CT molecular complexity index is 207. The van der Waals surface area contributed by atoms with Crippen LogP contribution in [0, 0.1) is 5.92 Å². The zero-order chi connectivity index (χ0) is 13.4. The molecule has 0 aromatic heterocycles. The van der Waals surface area contributed by atoms with E-state index >= 15 is 0 Å². The molecule has 2 N–H and O–H groups in total. The molecular formula is C15H32N2O. The number of ether oxygens (including phenoxy) is 1. The molecule has 1 aliphatic heterocycles. The highest BCUT2D eigenvalue weighted by molar-refractivity contribution is 4.74. The summed E-state index contributed by atoms with van der Waals surface area (Å²) in [6, 6.07) is 0.356. The van der Waals surface area contributed by atoms with Crippen molar-refractivity contribution in [2.45, 2.75) is 65.0 Å². The van der Waals surface area contributed by atoms with E-state index in [1.807, 2.05) is 0 Å². The van der Waals surface area contributed by atoms with Gasteiger partial charge >= 0.3 is 0 Å². The minimum atomic E-state index is 0.356. The highest BCUT2D eigenvalue weighted by Gasteiger charge is 2.21. The lowest BCUT2D eigenvalue weighted by atomic mass is 10.00. The maximum atomic E-state index is 5.79. The SMILES string of the molecule is CCOC1CCCN(CC(C)CCCC(C)N)C1. The van der Waals surface area contributed by atoms with Crippen LogP contribution in [-0.4, -0.2) is 43.3 Å². The second-order valence-electron chi connectivity index (χ2n) is 5.99. The fraction of sp³-hybridized carbons (Fsp3) is 1.00. The van der Waals surface area contributed by atoms with Crippen LogP contribution in [0.2, 0.25) is 0 Å². The Morgan fingerprint density at radius 1 is 1.33 bits per heavy atom. The molecule has 3 heteroatoms. The molecule has 3 nitrogen and oxygen atoms in total. The molecule has 0 saturated carbocycles. The number of hydrogen-bond acceptors (Lipinski definition) is 3. The Labute approximate surface area is 113 Å². The average molecular weight is 256 g/mol. The first-order chi connectivity index (χ1) is 8.61. The summed E-state index contributed by atoms with van der Waals surface area (Å²) in [5, 5.41) is 0. The van der Waals surface area contributed by atoms with E-state index in [9.17, 15) is 0 Å². The molecule has 18 heavy (non-hydrogen) atoms. The molecule has 0 spiro atoms. The molecule has 1 fully saturated rings. The van der Waals surface area contributed by atoms with Gasteiger partial charge in [-0.1, -0.05) is 13.3 Å². The van der Waals surface area contributed by atoms with Crippen molar-refractivity contribution in [1.82, 2.24) is 4.90 Å². The number of nitrogens with two attached hydrogens (primary N) is 1. The normalized spacial score (nSPS) is 25.0. The Hall–Kier alpha value is -0.120. The van der Waals surface area contributed by atoms with Crippen LogP contribution >= 0.6 is 0 Å². The van der Waals surface area contributed by atoms with Gasteiger partial charge in [0.1, 0.15) is 0 Å². The number of nitrogens with zero attached hydrogens (tertiary/aromatic N) is 1. The van der Waals surface area contributed by atoms with Crippen molar-refractivity contribution >= 4 is 0 Å². The van der Waals surface area contributed by atoms with Crippen molar-refractivity contribution in [1.29, 1.82) is 0 Å². The van der Waals surface area contributed by atoms with E-state index in [1.165, 1.54) is 38.8 Å². The Kier molecular flexibility index (Phi) is 7.87. The molecule has 0 bridgehead atoms. The lowest BCUT2D eigenvalue weighted by molar-refractivity contribution is 0.00211. The molecule has 3 unspecified atom stereocenters. The van der Waals surface area contributed by atoms with Crippen molar-refractivity contribution in [2.24, 2.45) is 11.7 Å². The van der Waals surface area contributed by atoms with Crippen LogP contribution in [0.25, 0.3) is 0 Å². The summed E-state index contributed by atoms with van der Waals surface area (Å²) in [6.45, 7) is 11.0. The monoisotopic (exact) mass is 256 g/mol. The third-order valence-corrected chi connectivity index (χ3v) is 3.79. The van der Waals surface area contributed by atoms with E-state index in [0.717, 1.165) is 25.5 Å². The highest BCUT2D eigenvalue weighted by Crippen LogP contribution is 2.17. The molecule has 1 aliphatic rings. The fourth-order valence-electron chi connectivity index (χ4n) is 2.87. The van der Waals surface area contributed by atoms with E-state index in [-0.39, 0.29) is 0 Å². The minimum Gasteiger partial charge on any atom is -0.377 e. The largest absolute Gasteiger partial charge is 0.377 e. The topological polar surface area (TPSA) is 38.5 Å². The molecule has 1 heterocycles. The van der Waals surface area contributed by atoms with Gasteiger partial charge in [0.05, 0.1) is 6.10 Å². The van der Waals surface area contributed by atoms with Gasteiger partial charge in [0.25, 0.3) is 0 Å². The van der Waals surface area contributed by atoms with Gasteiger partial charge in [-0.15, -0.1) is 0 Å². The third kappa shape index (κ3) is 6.72. The molecule has 0 aliphatic carbocycles. The summed E-state index contributed by atoms with van der Waals surface area (Å²) in [6.07, 6.45) is 6.73. The van der Waals surface area contributed by atoms with Crippen LogP contribution in [0.3, 0.4) is 0 Å². The second-order valence-corrected chi connectivity index (χ2v) is 5.99. The Morgan fingerprint density at radius 3 is 2.78 bits per heavy atom. The van der Waals surface area contributed by atoms with Gasteiger partial charge in [-0.05, 0) is 52.0 Å². The summed E-state index contributed by atoms with van der Waals surface area (Å²) in [5.74, 6) is 0.782. The number of rotatable bonds is 8. The van der Waals surface area contributed by atoms with E-state index in [1.54, 1.807) is 0 Å². The molecule has 0 aromatic rings. The van der Waals surface area contributed by atoms with Crippen LogP contribution in [0.1, 0.15) is 52.9 Å². The van der Waals surface area contributed by atoms with Crippen LogP contribution in [-0.2, 0) is 4.74 Å². The Morgan fingerprint density at radius 2 is 2.11 bits per heavy atom. The zero-order valence-electron chi connectivity index (χ0n) is 12.5. The van der Waals surface area contributed by atoms with Crippen LogP contribution < -0.4 is 5.73 Å². The van der Waals surface area contributed by atoms with Crippen LogP contribution in [0.15, 0.2) is 0 Å². The second kappa shape index (κ2) is 8.89. The first-order valence-electron chi connectivity index (χ1n) is 7.71. The summed E-state index contributed by atoms with van der Waals surface area (Å²) < 4.78 is 5.75. The van der Waals surface area contributed by atoms with Crippen molar-refractivity contribution in [2.75, 3.05) is 26.2 Å². The third-order valence-electron chi connectivity index (χ3n) is 3.79. The fourth-order valence-corrected chi connectivity index (χ4v) is 2.87. The lowest BCUT2D eigenvalue weighted by Gasteiger charge is -2.34. The maximum Gasteiger partial charge on any atom is 0.0702 e. The molecule has 0 aromatic carbocycles.